The Morgan fingerprint density at radius 3 is 1.00 bits per heavy atom. The Kier molecular flexibility index (Phi) is 132. The van der Waals surface area contributed by atoms with E-state index in [0.29, 0.717) is 0 Å². The summed E-state index contributed by atoms with van der Waals surface area (Å²) in [5, 5.41) is 0. The van der Waals surface area contributed by atoms with E-state index in [-0.39, 0.29) is 44.6 Å². The first kappa shape index (κ1) is 48.3. The van der Waals surface area contributed by atoms with Gasteiger partial charge in [-0.15, -0.1) is 0 Å². The van der Waals surface area contributed by atoms with Crippen LogP contribution in [0.3, 0.4) is 0 Å². The topological polar surface area (TPSA) is 0 Å². The van der Waals surface area contributed by atoms with Crippen LogP contribution in [0.15, 0.2) is 0 Å². The van der Waals surface area contributed by atoms with E-state index in [2.05, 4.69) is 20.8 Å². The van der Waals surface area contributed by atoms with Crippen LogP contribution in [-0.2, 0) is 0 Å². The molecule has 0 fully saturated rings. The highest BCUT2D eigenvalue weighted by atomic mass is 14.0. The van der Waals surface area contributed by atoms with Crippen molar-refractivity contribution < 1.29 is 0 Å². The second-order valence-corrected chi connectivity index (χ2v) is 2.68. The van der Waals surface area contributed by atoms with Crippen molar-refractivity contribution in [3.05, 3.63) is 0 Å². The van der Waals surface area contributed by atoms with E-state index >= 15 is 0 Å². The third kappa shape index (κ3) is 40.3. The molecule has 0 saturated carbocycles. The molecule has 0 bridgehead atoms. The molecule has 0 unspecified atom stereocenters. The maximum absolute atomic E-state index is 2.34. The molecule has 0 amide bonds. The van der Waals surface area contributed by atoms with Crippen LogP contribution in [0.25, 0.3) is 0 Å². The van der Waals surface area contributed by atoms with Crippen molar-refractivity contribution in [2.24, 2.45) is 5.92 Å². The Hall–Kier alpha value is 0. The summed E-state index contributed by atoms with van der Waals surface area (Å²) < 4.78 is 0. The zero-order chi connectivity index (χ0) is 6.41. The Bertz CT molecular complexity index is 33.3. The summed E-state index contributed by atoms with van der Waals surface area (Å²) in [7, 11) is 0. The van der Waals surface area contributed by atoms with Gasteiger partial charge in [0.25, 0.3) is 0 Å². The van der Waals surface area contributed by atoms with Crippen molar-refractivity contribution in [1.29, 1.82) is 0 Å². The normalized spacial score (nSPS) is 6.00. The lowest BCUT2D eigenvalue weighted by atomic mass is 10.0. The van der Waals surface area contributed by atoms with Gasteiger partial charge in [-0.3, -0.25) is 0 Å². The summed E-state index contributed by atoms with van der Waals surface area (Å²) in [4.78, 5) is 0. The van der Waals surface area contributed by atoms with Crippen LogP contribution in [0.2, 0.25) is 0 Å². The zero-order valence-corrected chi connectivity index (χ0v) is 6.41. The van der Waals surface area contributed by atoms with Crippen LogP contribution < -0.4 is 0 Å². The first-order chi connectivity index (χ1) is 3.81. The monoisotopic (exact) mass is 210 g/mol. The molecular formula is C14H42. The van der Waals surface area contributed by atoms with E-state index in [1.807, 2.05) is 0 Å². The minimum Gasteiger partial charge on any atom is -0.0776 e. The molecule has 0 aromatic carbocycles. The molecule has 0 aliphatic carbocycles. The fraction of sp³-hybridized carbons (Fsp3) is 1.00. The fourth-order valence-corrected chi connectivity index (χ4v) is 1.13. The molecule has 0 nitrogen and oxygen atoms in total. The molecule has 0 heterocycles. The van der Waals surface area contributed by atoms with Crippen molar-refractivity contribution >= 4 is 0 Å². The van der Waals surface area contributed by atoms with Gasteiger partial charge in [0.15, 0.2) is 0 Å². The molecule has 14 heavy (non-hydrogen) atoms. The summed E-state index contributed by atoms with van der Waals surface area (Å²) in [6, 6.07) is 0. The highest BCUT2D eigenvalue weighted by Crippen LogP contribution is 2.10. The van der Waals surface area contributed by atoms with E-state index in [4.69, 9.17) is 0 Å². The van der Waals surface area contributed by atoms with Gasteiger partial charge in [-0.05, 0) is 5.92 Å². The molecule has 98 valence electrons. The van der Waals surface area contributed by atoms with Gasteiger partial charge < -0.3 is 0 Å². The maximum atomic E-state index is 2.34. The Morgan fingerprint density at radius 1 is 0.643 bits per heavy atom. The molecular weight excluding hydrogens is 168 g/mol. The predicted octanol–water partition coefficient (Wildman–Crippen LogP) is 7.04. The first-order valence-corrected chi connectivity index (χ1v) is 3.81. The molecule has 0 aliphatic rings. The predicted molar refractivity (Wildman–Crippen MR) is 79.4 cm³/mol. The van der Waals surface area contributed by atoms with E-state index in [9.17, 15) is 0 Å². The van der Waals surface area contributed by atoms with Gasteiger partial charge in [-0.1, -0.05) is 91.0 Å². The highest BCUT2D eigenvalue weighted by Gasteiger charge is 1.95. The number of hydrogen-bond donors (Lipinski definition) is 0. The first-order valence-electron chi connectivity index (χ1n) is 3.81. The molecule has 0 atom stereocenters. The van der Waals surface area contributed by atoms with Crippen LogP contribution in [0.4, 0.5) is 0 Å². The van der Waals surface area contributed by atoms with Gasteiger partial charge in [0, 0.05) is 0 Å². The lowest BCUT2D eigenvalue weighted by Crippen LogP contribution is -1.91. The van der Waals surface area contributed by atoms with E-state index in [1.54, 1.807) is 0 Å². The maximum Gasteiger partial charge on any atom is -0.0443 e. The molecule has 0 saturated heterocycles. The minimum absolute atomic E-state index is 0. The van der Waals surface area contributed by atoms with Gasteiger partial charge in [0.1, 0.15) is 0 Å². The minimum atomic E-state index is 0. The Morgan fingerprint density at radius 2 is 0.857 bits per heavy atom. The lowest BCUT2D eigenvalue weighted by Gasteiger charge is -2.05. The fourth-order valence-electron chi connectivity index (χ4n) is 1.13. The van der Waals surface area contributed by atoms with Gasteiger partial charge >= 0.3 is 0 Å². The molecule has 0 aliphatic heterocycles. The van der Waals surface area contributed by atoms with Crippen molar-refractivity contribution in [3.63, 3.8) is 0 Å². The smallest absolute Gasteiger partial charge is 0.0443 e. The van der Waals surface area contributed by atoms with Crippen LogP contribution in [0.5, 0.6) is 0 Å². The van der Waals surface area contributed by atoms with Crippen LogP contribution in [0, 0.1) is 5.92 Å². The zero-order valence-electron chi connectivity index (χ0n) is 6.41. The molecule has 0 heteroatoms. The van der Waals surface area contributed by atoms with Gasteiger partial charge in [0.05, 0.1) is 0 Å². The van der Waals surface area contributed by atoms with Crippen LogP contribution in [-0.4, -0.2) is 0 Å². The highest BCUT2D eigenvalue weighted by molar-refractivity contribution is 4.48. The summed E-state index contributed by atoms with van der Waals surface area (Å²) in [5.74, 6) is 0.963. The van der Waals surface area contributed by atoms with E-state index < -0.39 is 0 Å². The van der Waals surface area contributed by atoms with Crippen LogP contribution >= 0.6 is 0 Å². The van der Waals surface area contributed by atoms with Crippen molar-refractivity contribution in [1.82, 2.24) is 0 Å². The van der Waals surface area contributed by atoms with Crippen molar-refractivity contribution in [2.45, 2.75) is 91.0 Å². The second-order valence-electron chi connectivity index (χ2n) is 2.68. The molecule has 0 aromatic rings. The van der Waals surface area contributed by atoms with Crippen LogP contribution in [0.1, 0.15) is 91.0 Å². The summed E-state index contributed by atoms with van der Waals surface area (Å²) in [6.07, 6.45) is 5.52. The molecule has 0 radical (unpaired) electrons. The Balaban J connectivity index is -0.0000000163. The molecule has 0 N–H and O–H groups in total. The number of hydrogen-bond acceptors (Lipinski definition) is 0. The average Bonchev–Trinajstić information content (AvgIpc) is 1.68. The van der Waals surface area contributed by atoms with E-state index in [1.165, 1.54) is 25.7 Å². The third-order valence-electron chi connectivity index (χ3n) is 1.56. The van der Waals surface area contributed by atoms with Gasteiger partial charge in [-0.25, -0.2) is 0 Å². The number of rotatable bonds is 4. The van der Waals surface area contributed by atoms with Gasteiger partial charge in [-0.2, -0.15) is 0 Å². The Labute approximate surface area is 97.5 Å². The largest absolute Gasteiger partial charge is 0.0776 e. The average molecular weight is 210 g/mol. The summed E-state index contributed by atoms with van der Waals surface area (Å²) in [6.45, 7) is 6.85. The summed E-state index contributed by atoms with van der Waals surface area (Å²) >= 11 is 0. The standard InChI is InChI=1S/C8H18.6CH4/c1-4-6-8(3)7-5-2;;;;;;/h8H,4-7H2,1-3H3;6*1H4. The molecule has 0 spiro atoms. The summed E-state index contributed by atoms with van der Waals surface area (Å²) in [5.41, 5.74) is 0. The van der Waals surface area contributed by atoms with Gasteiger partial charge in [0.2, 0.25) is 0 Å². The molecule has 0 rings (SSSR count). The molecule has 0 aromatic heterocycles. The second kappa shape index (κ2) is 38.2. The van der Waals surface area contributed by atoms with Crippen molar-refractivity contribution in [3.8, 4) is 0 Å². The van der Waals surface area contributed by atoms with Crippen molar-refractivity contribution in [2.75, 3.05) is 0 Å². The third-order valence-corrected chi connectivity index (χ3v) is 1.56. The quantitative estimate of drug-likeness (QED) is 0.467. The lowest BCUT2D eigenvalue weighted by molar-refractivity contribution is 0.480. The SMILES string of the molecule is C.C.C.C.C.C.CCCC(C)CCC. The van der Waals surface area contributed by atoms with E-state index in [0.717, 1.165) is 5.92 Å².